The number of aromatic nitrogens is 1. The minimum atomic E-state index is -0.887. The molecule has 1 unspecified atom stereocenters. The Morgan fingerprint density at radius 3 is 2.73 bits per heavy atom. The first-order valence-electron chi connectivity index (χ1n) is 8.64. The normalized spacial score (nSPS) is 20.0. The molecule has 2 heterocycles. The number of nitrogens with zero attached hydrogens (tertiary/aromatic N) is 2. The second kappa shape index (κ2) is 7.45. The lowest BCUT2D eigenvalue weighted by Crippen LogP contribution is -2.48. The highest BCUT2D eigenvalue weighted by molar-refractivity contribution is 7.13. The summed E-state index contributed by atoms with van der Waals surface area (Å²) in [7, 11) is 0. The lowest BCUT2D eigenvalue weighted by atomic mass is 9.82. The number of aliphatic carboxylic acids is 1. The van der Waals surface area contributed by atoms with Gasteiger partial charge in [-0.1, -0.05) is 0 Å². The van der Waals surface area contributed by atoms with E-state index >= 15 is 0 Å². The molecule has 1 aromatic carbocycles. The largest absolute Gasteiger partial charge is 0.494 e. The van der Waals surface area contributed by atoms with Gasteiger partial charge >= 0.3 is 5.97 Å². The molecular formula is C19H22N2O4S. The molecule has 1 N–H and O–H groups in total. The van der Waals surface area contributed by atoms with Crippen molar-refractivity contribution in [1.29, 1.82) is 0 Å². The van der Waals surface area contributed by atoms with Crippen LogP contribution in [0.25, 0.3) is 10.6 Å². The average molecular weight is 374 g/mol. The van der Waals surface area contributed by atoms with Gasteiger partial charge in [0.25, 0.3) is 5.91 Å². The molecule has 1 saturated heterocycles. The van der Waals surface area contributed by atoms with E-state index in [2.05, 4.69) is 4.98 Å². The third-order valence-electron chi connectivity index (χ3n) is 4.64. The van der Waals surface area contributed by atoms with Gasteiger partial charge in [-0.3, -0.25) is 9.59 Å². The van der Waals surface area contributed by atoms with Gasteiger partial charge in [-0.2, -0.15) is 0 Å². The molecule has 1 aliphatic heterocycles. The van der Waals surface area contributed by atoms with Crippen molar-refractivity contribution in [2.45, 2.75) is 26.7 Å². The zero-order valence-electron chi connectivity index (χ0n) is 14.9. The molecule has 0 aliphatic carbocycles. The maximum absolute atomic E-state index is 12.8. The highest BCUT2D eigenvalue weighted by atomic mass is 32.1. The van der Waals surface area contributed by atoms with E-state index in [1.54, 1.807) is 17.2 Å². The summed E-state index contributed by atoms with van der Waals surface area (Å²) in [5.41, 5.74) is 0.405. The molecule has 1 atom stereocenters. The maximum Gasteiger partial charge on any atom is 0.311 e. The Kier molecular flexibility index (Phi) is 5.27. The molecule has 138 valence electrons. The van der Waals surface area contributed by atoms with Crippen molar-refractivity contribution in [1.82, 2.24) is 9.88 Å². The molecule has 3 rings (SSSR count). The Bertz CT molecular complexity index is 802. The quantitative estimate of drug-likeness (QED) is 0.866. The summed E-state index contributed by atoms with van der Waals surface area (Å²) in [4.78, 5) is 30.3. The maximum atomic E-state index is 12.8. The van der Waals surface area contributed by atoms with Crippen LogP contribution < -0.4 is 4.74 Å². The van der Waals surface area contributed by atoms with Crippen molar-refractivity contribution >= 4 is 23.2 Å². The molecule has 1 aromatic heterocycles. The van der Waals surface area contributed by atoms with Crippen LogP contribution >= 0.6 is 11.3 Å². The second-order valence-electron chi connectivity index (χ2n) is 6.69. The van der Waals surface area contributed by atoms with Crippen molar-refractivity contribution in [3.8, 4) is 16.3 Å². The highest BCUT2D eigenvalue weighted by Crippen LogP contribution is 2.31. The molecule has 0 spiro atoms. The minimum absolute atomic E-state index is 0.203. The van der Waals surface area contributed by atoms with Gasteiger partial charge in [-0.05, 0) is 51.0 Å². The summed E-state index contributed by atoms with van der Waals surface area (Å²) in [6, 6.07) is 7.59. The fraction of sp³-hybridized carbons (Fsp3) is 0.421. The van der Waals surface area contributed by atoms with E-state index in [9.17, 15) is 14.7 Å². The molecule has 6 nitrogen and oxygen atoms in total. The number of carboxylic acids is 1. The number of carbonyl (C=O) groups is 2. The number of rotatable bonds is 5. The molecule has 26 heavy (non-hydrogen) atoms. The molecular weight excluding hydrogens is 352 g/mol. The predicted octanol–water partition coefficient (Wildman–Crippen LogP) is 3.54. The van der Waals surface area contributed by atoms with Crippen molar-refractivity contribution < 1.29 is 19.4 Å². The lowest BCUT2D eigenvalue weighted by Gasteiger charge is -2.37. The minimum Gasteiger partial charge on any atom is -0.494 e. The summed E-state index contributed by atoms with van der Waals surface area (Å²) < 4.78 is 5.43. The Morgan fingerprint density at radius 2 is 2.08 bits per heavy atom. The van der Waals surface area contributed by atoms with Crippen LogP contribution in [0.1, 0.15) is 37.2 Å². The topological polar surface area (TPSA) is 79.7 Å². The van der Waals surface area contributed by atoms with Crippen LogP contribution in [0, 0.1) is 5.41 Å². The number of hydrogen-bond donors (Lipinski definition) is 1. The molecule has 1 amide bonds. The van der Waals surface area contributed by atoms with E-state index < -0.39 is 11.4 Å². The first kappa shape index (κ1) is 18.4. The fourth-order valence-electron chi connectivity index (χ4n) is 3.11. The molecule has 0 saturated carbocycles. The Balaban J connectivity index is 1.74. The number of ether oxygens (including phenoxy) is 1. The van der Waals surface area contributed by atoms with Crippen LogP contribution in [0.3, 0.4) is 0 Å². The first-order valence-corrected chi connectivity index (χ1v) is 9.52. The standard InChI is InChI=1S/C19H22N2O4S/c1-3-25-14-7-5-13(6-8-14)16-20-15(11-26-16)17(22)21-10-4-9-19(2,12-21)18(23)24/h5-8,11H,3-4,9-10,12H2,1-2H3,(H,23,24). The van der Waals surface area contributed by atoms with Gasteiger partial charge < -0.3 is 14.7 Å². The van der Waals surface area contributed by atoms with Crippen molar-refractivity contribution in [2.75, 3.05) is 19.7 Å². The monoisotopic (exact) mass is 374 g/mol. The number of carbonyl (C=O) groups excluding carboxylic acids is 1. The van der Waals surface area contributed by atoms with Crippen LogP contribution in [0.2, 0.25) is 0 Å². The summed E-state index contributed by atoms with van der Waals surface area (Å²) in [6.45, 7) is 5.03. The van der Waals surface area contributed by atoms with Gasteiger partial charge in [-0.15, -0.1) is 11.3 Å². The average Bonchev–Trinajstić information content (AvgIpc) is 3.12. The second-order valence-corrected chi connectivity index (χ2v) is 7.55. The van der Waals surface area contributed by atoms with E-state index in [0.29, 0.717) is 31.7 Å². The third-order valence-corrected chi connectivity index (χ3v) is 5.53. The van der Waals surface area contributed by atoms with Gasteiger partial charge in [0.1, 0.15) is 16.5 Å². The van der Waals surface area contributed by atoms with Crippen LogP contribution in [0.15, 0.2) is 29.6 Å². The van der Waals surface area contributed by atoms with Crippen LogP contribution in [-0.2, 0) is 4.79 Å². The van der Waals surface area contributed by atoms with Crippen LogP contribution in [-0.4, -0.2) is 46.6 Å². The fourth-order valence-corrected chi connectivity index (χ4v) is 3.91. The number of carboxylic acid groups (broad SMARTS) is 1. The molecule has 1 fully saturated rings. The zero-order valence-corrected chi connectivity index (χ0v) is 15.7. The molecule has 0 bridgehead atoms. The van der Waals surface area contributed by atoms with Gasteiger partial charge in [-0.25, -0.2) is 4.98 Å². The zero-order chi connectivity index (χ0) is 18.7. The van der Waals surface area contributed by atoms with E-state index in [0.717, 1.165) is 16.3 Å². The first-order chi connectivity index (χ1) is 12.4. The van der Waals surface area contributed by atoms with Gasteiger partial charge in [0, 0.05) is 24.0 Å². The van der Waals surface area contributed by atoms with Gasteiger partial charge in [0.2, 0.25) is 0 Å². The number of benzene rings is 1. The van der Waals surface area contributed by atoms with E-state index in [1.165, 1.54) is 11.3 Å². The SMILES string of the molecule is CCOc1ccc(-c2nc(C(=O)N3CCCC(C)(C(=O)O)C3)cs2)cc1. The molecule has 0 radical (unpaired) electrons. The van der Waals surface area contributed by atoms with E-state index in [4.69, 9.17) is 4.74 Å². The van der Waals surface area contributed by atoms with E-state index in [1.807, 2.05) is 31.2 Å². The van der Waals surface area contributed by atoms with Crippen molar-refractivity contribution in [3.63, 3.8) is 0 Å². The number of amides is 1. The number of likely N-dealkylation sites (tertiary alicyclic amines) is 1. The van der Waals surface area contributed by atoms with Gasteiger partial charge in [0.15, 0.2) is 0 Å². The predicted molar refractivity (Wildman–Crippen MR) is 99.6 cm³/mol. The summed E-state index contributed by atoms with van der Waals surface area (Å²) >= 11 is 1.40. The molecule has 1 aliphatic rings. The summed E-state index contributed by atoms with van der Waals surface area (Å²) in [6.07, 6.45) is 1.27. The molecule has 2 aromatic rings. The van der Waals surface area contributed by atoms with Crippen molar-refractivity contribution in [3.05, 3.63) is 35.3 Å². The number of hydrogen-bond acceptors (Lipinski definition) is 5. The Hall–Kier alpha value is -2.41. The lowest BCUT2D eigenvalue weighted by molar-refractivity contribution is -0.150. The number of thiazole rings is 1. The summed E-state index contributed by atoms with van der Waals surface area (Å²) in [5, 5.41) is 11.9. The third kappa shape index (κ3) is 3.72. The van der Waals surface area contributed by atoms with Crippen LogP contribution in [0.5, 0.6) is 5.75 Å². The molecule has 7 heteroatoms. The smallest absolute Gasteiger partial charge is 0.311 e. The Labute approximate surface area is 156 Å². The van der Waals surface area contributed by atoms with Gasteiger partial charge in [0.05, 0.1) is 12.0 Å². The van der Waals surface area contributed by atoms with Crippen LogP contribution in [0.4, 0.5) is 0 Å². The summed E-state index contributed by atoms with van der Waals surface area (Å²) in [5.74, 6) is -0.264. The number of piperidine rings is 1. The Morgan fingerprint density at radius 1 is 1.35 bits per heavy atom. The van der Waals surface area contributed by atoms with Crippen molar-refractivity contribution in [2.24, 2.45) is 5.41 Å². The highest BCUT2D eigenvalue weighted by Gasteiger charge is 2.39. The van der Waals surface area contributed by atoms with E-state index in [-0.39, 0.29) is 12.5 Å².